The molecule has 2 rings (SSSR count). The first-order chi connectivity index (χ1) is 9.79. The van der Waals surface area contributed by atoms with Gasteiger partial charge < -0.3 is 15.6 Å². The van der Waals surface area contributed by atoms with E-state index >= 15 is 0 Å². The molecule has 0 radical (unpaired) electrons. The number of aromatic nitrogens is 2. The largest absolute Gasteiger partial charge is 0.368 e. The highest BCUT2D eigenvalue weighted by Crippen LogP contribution is 2.11. The maximum atomic E-state index is 12.1. The highest BCUT2D eigenvalue weighted by atomic mass is 16.2. The number of hydrogen-bond donors (Lipinski definition) is 2. The van der Waals surface area contributed by atoms with Crippen LogP contribution in [-0.4, -0.2) is 26.9 Å². The van der Waals surface area contributed by atoms with Gasteiger partial charge in [-0.25, -0.2) is 4.98 Å². The number of carbonyl (C=O) groups excluding carboxylic acids is 2. The summed E-state index contributed by atoms with van der Waals surface area (Å²) in [7, 11) is 0. The van der Waals surface area contributed by atoms with Gasteiger partial charge in [-0.2, -0.15) is 0 Å². The lowest BCUT2D eigenvalue weighted by atomic mass is 10.0. The minimum atomic E-state index is -1.09. The van der Waals surface area contributed by atoms with Gasteiger partial charge in [0.05, 0.1) is 12.0 Å². The second kappa shape index (κ2) is 5.40. The van der Waals surface area contributed by atoms with E-state index in [1.165, 1.54) is 0 Å². The van der Waals surface area contributed by atoms with Crippen molar-refractivity contribution in [1.29, 1.82) is 0 Å². The van der Waals surface area contributed by atoms with Gasteiger partial charge in [-0.15, -0.1) is 0 Å². The molecular formula is C15H18N4O2. The third kappa shape index (κ3) is 3.28. The quantitative estimate of drug-likeness (QED) is 0.884. The maximum Gasteiger partial charge on any atom is 0.252 e. The summed E-state index contributed by atoms with van der Waals surface area (Å²) in [5.41, 5.74) is 6.43. The zero-order valence-electron chi connectivity index (χ0n) is 12.3. The molecular weight excluding hydrogens is 268 g/mol. The molecule has 2 amide bonds. The van der Waals surface area contributed by atoms with Crippen molar-refractivity contribution in [3.05, 3.63) is 48.0 Å². The lowest BCUT2D eigenvalue weighted by Crippen LogP contribution is -2.52. The van der Waals surface area contributed by atoms with Crippen LogP contribution in [0.5, 0.6) is 0 Å². The van der Waals surface area contributed by atoms with Crippen LogP contribution in [-0.2, 0) is 4.79 Å². The van der Waals surface area contributed by atoms with Crippen molar-refractivity contribution in [1.82, 2.24) is 14.9 Å². The van der Waals surface area contributed by atoms with Crippen molar-refractivity contribution in [3.63, 3.8) is 0 Å². The molecule has 0 aliphatic heterocycles. The molecule has 2 aromatic rings. The summed E-state index contributed by atoms with van der Waals surface area (Å²) in [6.07, 6.45) is 3.60. The summed E-state index contributed by atoms with van der Waals surface area (Å²) in [5.74, 6) is -0.923. The second-order valence-corrected chi connectivity index (χ2v) is 5.41. The van der Waals surface area contributed by atoms with Crippen molar-refractivity contribution in [2.24, 2.45) is 5.73 Å². The molecule has 1 heterocycles. The van der Waals surface area contributed by atoms with Gasteiger partial charge in [-0.05, 0) is 45.0 Å². The Balaban J connectivity index is 2.15. The number of carbonyl (C=O) groups is 2. The average Bonchev–Trinajstić information content (AvgIpc) is 2.85. The fraction of sp³-hybridized carbons (Fsp3) is 0.267. The molecule has 0 aliphatic carbocycles. The van der Waals surface area contributed by atoms with Gasteiger partial charge in [0.25, 0.3) is 5.91 Å². The van der Waals surface area contributed by atoms with Gasteiger partial charge in [-0.3, -0.25) is 9.59 Å². The summed E-state index contributed by atoms with van der Waals surface area (Å²) < 4.78 is 1.87. The maximum absolute atomic E-state index is 12.1. The molecule has 0 unspecified atom stereocenters. The van der Waals surface area contributed by atoms with E-state index in [2.05, 4.69) is 10.3 Å². The van der Waals surface area contributed by atoms with Gasteiger partial charge in [0.2, 0.25) is 5.91 Å². The van der Waals surface area contributed by atoms with Crippen LogP contribution < -0.4 is 11.1 Å². The van der Waals surface area contributed by atoms with E-state index in [1.807, 2.05) is 29.8 Å². The first kappa shape index (κ1) is 14.8. The Bertz CT molecular complexity index is 671. The number of primary amides is 1. The number of amides is 2. The van der Waals surface area contributed by atoms with E-state index in [9.17, 15) is 9.59 Å². The third-order valence-corrected chi connectivity index (χ3v) is 3.18. The van der Waals surface area contributed by atoms with E-state index in [0.29, 0.717) is 5.56 Å². The zero-order valence-corrected chi connectivity index (χ0v) is 12.3. The molecule has 1 aromatic heterocycles. The summed E-state index contributed by atoms with van der Waals surface area (Å²) >= 11 is 0. The highest BCUT2D eigenvalue weighted by molar-refractivity contribution is 5.98. The number of nitrogens with one attached hydrogen (secondary N) is 1. The first-order valence-corrected chi connectivity index (χ1v) is 6.53. The number of nitrogens with zero attached hydrogens (tertiary/aromatic N) is 2. The minimum Gasteiger partial charge on any atom is -0.368 e. The highest BCUT2D eigenvalue weighted by Gasteiger charge is 2.27. The zero-order chi connectivity index (χ0) is 15.6. The average molecular weight is 286 g/mol. The van der Waals surface area contributed by atoms with Gasteiger partial charge in [0.15, 0.2) is 0 Å². The molecule has 0 bridgehead atoms. The molecule has 0 saturated heterocycles. The van der Waals surface area contributed by atoms with Crippen LogP contribution in [0.1, 0.15) is 29.9 Å². The van der Waals surface area contributed by atoms with E-state index in [1.54, 1.807) is 32.3 Å². The van der Waals surface area contributed by atoms with E-state index in [4.69, 9.17) is 5.73 Å². The molecule has 110 valence electrons. The molecule has 6 nitrogen and oxygen atoms in total. The Kier molecular flexibility index (Phi) is 3.80. The Morgan fingerprint density at radius 3 is 2.33 bits per heavy atom. The minimum absolute atomic E-state index is 0.341. The van der Waals surface area contributed by atoms with Crippen molar-refractivity contribution < 1.29 is 9.59 Å². The Labute approximate surface area is 123 Å². The van der Waals surface area contributed by atoms with Crippen molar-refractivity contribution >= 4 is 11.8 Å². The first-order valence-electron chi connectivity index (χ1n) is 6.53. The van der Waals surface area contributed by atoms with Gasteiger partial charge in [0, 0.05) is 17.4 Å². The molecule has 6 heteroatoms. The fourth-order valence-electron chi connectivity index (χ4n) is 1.76. The van der Waals surface area contributed by atoms with Crippen LogP contribution in [0.25, 0.3) is 5.69 Å². The monoisotopic (exact) mass is 286 g/mol. The third-order valence-electron chi connectivity index (χ3n) is 3.18. The van der Waals surface area contributed by atoms with Gasteiger partial charge >= 0.3 is 0 Å². The molecule has 21 heavy (non-hydrogen) atoms. The van der Waals surface area contributed by atoms with Crippen LogP contribution in [0.15, 0.2) is 36.8 Å². The van der Waals surface area contributed by atoms with Crippen molar-refractivity contribution in [2.75, 3.05) is 0 Å². The molecule has 3 N–H and O–H groups in total. The molecule has 0 spiro atoms. The van der Waals surface area contributed by atoms with E-state index in [-0.39, 0.29) is 5.91 Å². The predicted molar refractivity (Wildman–Crippen MR) is 79.0 cm³/mol. The van der Waals surface area contributed by atoms with Crippen molar-refractivity contribution in [2.45, 2.75) is 26.3 Å². The lowest BCUT2D eigenvalue weighted by Gasteiger charge is -2.22. The Hall–Kier alpha value is -2.63. The van der Waals surface area contributed by atoms with Crippen molar-refractivity contribution in [3.8, 4) is 5.69 Å². The fourth-order valence-corrected chi connectivity index (χ4v) is 1.76. The Morgan fingerprint density at radius 2 is 1.86 bits per heavy atom. The SMILES string of the molecule is Cc1cn(-c2ccc(C(=O)NC(C)(C)C(N)=O)cc2)cn1. The number of hydrogen-bond acceptors (Lipinski definition) is 3. The van der Waals surface area contributed by atoms with E-state index < -0.39 is 11.4 Å². The molecule has 0 fully saturated rings. The summed E-state index contributed by atoms with van der Waals surface area (Å²) in [6.45, 7) is 5.04. The van der Waals surface area contributed by atoms with Gasteiger partial charge in [-0.1, -0.05) is 0 Å². The van der Waals surface area contributed by atoms with Gasteiger partial charge in [0.1, 0.15) is 5.54 Å². The predicted octanol–water partition coefficient (Wildman–Crippen LogP) is 1.17. The second-order valence-electron chi connectivity index (χ2n) is 5.41. The van der Waals surface area contributed by atoms with Crippen LogP contribution in [0, 0.1) is 6.92 Å². The Morgan fingerprint density at radius 1 is 1.24 bits per heavy atom. The topological polar surface area (TPSA) is 90.0 Å². The number of imidazole rings is 1. The number of aryl methyl sites for hydroxylation is 1. The number of benzene rings is 1. The van der Waals surface area contributed by atoms with Crippen LogP contribution in [0.4, 0.5) is 0 Å². The van der Waals surface area contributed by atoms with Crippen LogP contribution >= 0.6 is 0 Å². The summed E-state index contributed by atoms with van der Waals surface area (Å²) in [4.78, 5) is 27.5. The summed E-state index contributed by atoms with van der Waals surface area (Å²) in [5, 5.41) is 2.60. The van der Waals surface area contributed by atoms with Crippen LogP contribution in [0.3, 0.4) is 0 Å². The molecule has 0 aliphatic rings. The standard InChI is InChI=1S/C15H18N4O2/c1-10-8-19(9-17-10)12-6-4-11(5-7-12)13(20)18-15(2,3)14(16)21/h4-9H,1-3H3,(H2,16,21)(H,18,20). The lowest BCUT2D eigenvalue weighted by molar-refractivity contribution is -0.122. The van der Waals surface area contributed by atoms with Crippen LogP contribution in [0.2, 0.25) is 0 Å². The number of nitrogens with two attached hydrogens (primary N) is 1. The number of rotatable bonds is 4. The molecule has 0 saturated carbocycles. The summed E-state index contributed by atoms with van der Waals surface area (Å²) in [6, 6.07) is 7.01. The molecule has 1 aromatic carbocycles. The smallest absolute Gasteiger partial charge is 0.252 e. The van der Waals surface area contributed by atoms with E-state index in [0.717, 1.165) is 11.4 Å². The normalized spacial score (nSPS) is 11.2. The molecule has 0 atom stereocenters.